The predicted octanol–water partition coefficient (Wildman–Crippen LogP) is 5.01. The average molecular weight is 599 g/mol. The fourth-order valence-corrected chi connectivity index (χ4v) is 5.90. The van der Waals surface area contributed by atoms with Gasteiger partial charge < -0.3 is 15.0 Å². The molecule has 0 saturated heterocycles. The van der Waals surface area contributed by atoms with Gasteiger partial charge in [-0.25, -0.2) is 8.42 Å². The number of sulfonamides is 1. The molecule has 0 heterocycles. The van der Waals surface area contributed by atoms with Crippen LogP contribution < -0.4 is 14.4 Å². The van der Waals surface area contributed by atoms with Crippen molar-refractivity contribution in [3.05, 3.63) is 87.4 Å². The first-order valence-corrected chi connectivity index (χ1v) is 13.9. The number of likely N-dealkylation sites (N-methyl/N-ethyl adjacent to an activating group) is 1. The number of amides is 2. The molecule has 1 unspecified atom stereocenters. The van der Waals surface area contributed by atoms with Crippen LogP contribution in [0.5, 0.6) is 5.75 Å². The minimum Gasteiger partial charge on any atom is -0.495 e. The summed E-state index contributed by atoms with van der Waals surface area (Å²) < 4.78 is 33.6. The molecule has 0 aliphatic heterocycles. The minimum absolute atomic E-state index is 0.0280. The zero-order chi connectivity index (χ0) is 28.0. The van der Waals surface area contributed by atoms with Crippen molar-refractivity contribution in [2.45, 2.75) is 24.4 Å². The number of anilines is 1. The van der Waals surface area contributed by atoms with E-state index in [0.717, 1.165) is 4.31 Å². The summed E-state index contributed by atoms with van der Waals surface area (Å²) in [5.74, 6) is -0.781. The van der Waals surface area contributed by atoms with Crippen LogP contribution in [0, 0.1) is 0 Å². The van der Waals surface area contributed by atoms with Crippen LogP contribution in [-0.2, 0) is 26.2 Å². The van der Waals surface area contributed by atoms with Gasteiger partial charge in [-0.3, -0.25) is 13.9 Å². The fourth-order valence-electron chi connectivity index (χ4n) is 3.70. The lowest BCUT2D eigenvalue weighted by Crippen LogP contribution is -2.50. The number of carbonyl (C=O) groups excluding carboxylic acids is 2. The number of methoxy groups -OCH3 is 1. The Hall–Kier alpha value is -2.98. The SMILES string of the molecule is CNC(=O)C(C)N(Cc1c(Cl)cccc1Cl)C(=O)CN(c1ccc(OC)c(Cl)c1)S(=O)(=O)c1ccccc1. The number of benzene rings is 3. The molecule has 0 aliphatic carbocycles. The molecule has 0 bridgehead atoms. The number of rotatable bonds is 10. The summed E-state index contributed by atoms with van der Waals surface area (Å²) in [4.78, 5) is 27.6. The van der Waals surface area contributed by atoms with Crippen molar-refractivity contribution < 1.29 is 22.7 Å². The van der Waals surface area contributed by atoms with Gasteiger partial charge >= 0.3 is 0 Å². The summed E-state index contributed by atoms with van der Waals surface area (Å²) in [6.07, 6.45) is 0. The quantitative estimate of drug-likeness (QED) is 0.354. The Morgan fingerprint density at radius 3 is 2.13 bits per heavy atom. The van der Waals surface area contributed by atoms with Gasteiger partial charge in [-0.15, -0.1) is 0 Å². The Bertz CT molecular complexity index is 1400. The molecule has 1 N–H and O–H groups in total. The topological polar surface area (TPSA) is 96.0 Å². The summed E-state index contributed by atoms with van der Waals surface area (Å²) in [6, 6.07) is 16.0. The standard InChI is InChI=1S/C26H26Cl3N3O5S/c1-17(26(34)30-2)31(15-20-21(27)10-7-11-22(20)28)25(33)16-32(18-12-13-24(37-3)23(29)14-18)38(35,36)19-8-5-4-6-9-19/h4-14,17H,15-16H2,1-3H3,(H,30,34). The largest absolute Gasteiger partial charge is 0.495 e. The lowest BCUT2D eigenvalue weighted by Gasteiger charge is -2.32. The van der Waals surface area contributed by atoms with Crippen LogP contribution in [0.1, 0.15) is 12.5 Å². The highest BCUT2D eigenvalue weighted by atomic mass is 35.5. The molecule has 1 atom stereocenters. The molecule has 12 heteroatoms. The molecule has 0 saturated carbocycles. The van der Waals surface area contributed by atoms with Crippen LogP contribution in [0.2, 0.25) is 15.1 Å². The molecule has 0 aliphatic rings. The maximum absolute atomic E-state index is 13.8. The van der Waals surface area contributed by atoms with E-state index in [9.17, 15) is 18.0 Å². The monoisotopic (exact) mass is 597 g/mol. The Labute approximate surface area is 237 Å². The average Bonchev–Trinajstić information content (AvgIpc) is 2.91. The number of halogens is 3. The van der Waals surface area contributed by atoms with Crippen LogP contribution in [-0.4, -0.2) is 51.9 Å². The predicted molar refractivity (Wildman–Crippen MR) is 150 cm³/mol. The van der Waals surface area contributed by atoms with E-state index >= 15 is 0 Å². The molecule has 3 aromatic rings. The molecular weight excluding hydrogens is 573 g/mol. The van der Waals surface area contributed by atoms with Crippen molar-refractivity contribution in [2.75, 3.05) is 25.0 Å². The van der Waals surface area contributed by atoms with Crippen LogP contribution >= 0.6 is 34.8 Å². The van der Waals surface area contributed by atoms with E-state index in [1.165, 1.54) is 56.3 Å². The zero-order valence-electron chi connectivity index (χ0n) is 20.8. The van der Waals surface area contributed by atoms with Crippen molar-refractivity contribution in [3.8, 4) is 5.75 Å². The molecule has 0 radical (unpaired) electrons. The lowest BCUT2D eigenvalue weighted by atomic mass is 10.1. The minimum atomic E-state index is -4.23. The second kappa shape index (κ2) is 12.7. The van der Waals surface area contributed by atoms with Crippen LogP contribution in [0.25, 0.3) is 0 Å². The summed E-state index contributed by atoms with van der Waals surface area (Å²) in [5, 5.41) is 3.27. The summed E-state index contributed by atoms with van der Waals surface area (Å²) >= 11 is 19.0. The van der Waals surface area contributed by atoms with Gasteiger partial charge in [0.2, 0.25) is 11.8 Å². The van der Waals surface area contributed by atoms with E-state index in [-0.39, 0.29) is 22.2 Å². The second-order valence-electron chi connectivity index (χ2n) is 8.16. The van der Waals surface area contributed by atoms with E-state index < -0.39 is 34.4 Å². The third kappa shape index (κ3) is 6.53. The van der Waals surface area contributed by atoms with E-state index in [1.54, 1.807) is 36.4 Å². The number of hydrogen-bond donors (Lipinski definition) is 1. The normalized spacial score (nSPS) is 11.9. The van der Waals surface area contributed by atoms with Gasteiger partial charge in [-0.2, -0.15) is 0 Å². The lowest BCUT2D eigenvalue weighted by molar-refractivity contribution is -0.139. The van der Waals surface area contributed by atoms with Crippen LogP contribution in [0.4, 0.5) is 5.69 Å². The first kappa shape index (κ1) is 29.6. The molecule has 0 aromatic heterocycles. The van der Waals surface area contributed by atoms with Crippen molar-refractivity contribution in [2.24, 2.45) is 0 Å². The molecule has 2 amide bonds. The molecule has 8 nitrogen and oxygen atoms in total. The first-order chi connectivity index (χ1) is 18.0. The highest BCUT2D eigenvalue weighted by Crippen LogP contribution is 2.32. The van der Waals surface area contributed by atoms with Crippen molar-refractivity contribution in [1.29, 1.82) is 0 Å². The molecule has 0 spiro atoms. The second-order valence-corrected chi connectivity index (χ2v) is 11.2. The maximum atomic E-state index is 13.8. The molecule has 3 rings (SSSR count). The van der Waals surface area contributed by atoms with E-state index in [4.69, 9.17) is 39.5 Å². The van der Waals surface area contributed by atoms with Gasteiger partial charge in [0, 0.05) is 29.2 Å². The Morgan fingerprint density at radius 1 is 0.947 bits per heavy atom. The Balaban J connectivity index is 2.09. The van der Waals surface area contributed by atoms with E-state index in [1.807, 2.05) is 0 Å². The summed E-state index contributed by atoms with van der Waals surface area (Å²) in [6.45, 7) is 0.763. The number of carbonyl (C=O) groups is 2. The van der Waals surface area contributed by atoms with E-state index in [2.05, 4.69) is 5.32 Å². The van der Waals surface area contributed by atoms with Gasteiger partial charge in [0.1, 0.15) is 18.3 Å². The summed E-state index contributed by atoms with van der Waals surface area (Å²) in [5.41, 5.74) is 0.557. The molecule has 0 fully saturated rings. The van der Waals surface area contributed by atoms with Gasteiger partial charge in [0.05, 0.1) is 22.7 Å². The van der Waals surface area contributed by atoms with Gasteiger partial charge in [0.25, 0.3) is 10.0 Å². The highest BCUT2D eigenvalue weighted by Gasteiger charge is 2.33. The highest BCUT2D eigenvalue weighted by molar-refractivity contribution is 7.92. The number of nitrogens with zero attached hydrogens (tertiary/aromatic N) is 2. The third-order valence-electron chi connectivity index (χ3n) is 5.84. The van der Waals surface area contributed by atoms with Crippen LogP contribution in [0.3, 0.4) is 0 Å². The van der Waals surface area contributed by atoms with Gasteiger partial charge in [-0.1, -0.05) is 59.1 Å². The number of hydrogen-bond acceptors (Lipinski definition) is 5. The van der Waals surface area contributed by atoms with Crippen molar-refractivity contribution in [1.82, 2.24) is 10.2 Å². The smallest absolute Gasteiger partial charge is 0.264 e. The first-order valence-electron chi connectivity index (χ1n) is 11.4. The zero-order valence-corrected chi connectivity index (χ0v) is 23.9. The summed E-state index contributed by atoms with van der Waals surface area (Å²) in [7, 11) is -1.35. The molecule has 3 aromatic carbocycles. The number of nitrogens with one attached hydrogen (secondary N) is 1. The Kier molecular flexibility index (Phi) is 9.89. The fraction of sp³-hybridized carbons (Fsp3) is 0.231. The Morgan fingerprint density at radius 2 is 1.58 bits per heavy atom. The van der Waals surface area contributed by atoms with Crippen LogP contribution in [0.15, 0.2) is 71.6 Å². The van der Waals surface area contributed by atoms with Gasteiger partial charge in [0.15, 0.2) is 0 Å². The third-order valence-corrected chi connectivity index (χ3v) is 8.63. The molecular formula is C26H26Cl3N3O5S. The number of ether oxygens (including phenoxy) is 1. The van der Waals surface area contributed by atoms with E-state index in [0.29, 0.717) is 21.4 Å². The van der Waals surface area contributed by atoms with Crippen molar-refractivity contribution >= 4 is 62.3 Å². The maximum Gasteiger partial charge on any atom is 0.264 e. The molecule has 38 heavy (non-hydrogen) atoms. The van der Waals surface area contributed by atoms with Crippen molar-refractivity contribution in [3.63, 3.8) is 0 Å². The van der Waals surface area contributed by atoms with Gasteiger partial charge in [-0.05, 0) is 49.4 Å². The molecule has 202 valence electrons.